The number of hydrogen-bond acceptors (Lipinski definition) is 4. The van der Waals surface area contributed by atoms with E-state index in [0.29, 0.717) is 58.9 Å². The number of carbonyl (C=O) groups excluding carboxylic acids is 3. The molecule has 1 atom stereocenters. The standard InChI is InChI=1S/C20H33N3O4/c1-4-21-12-20(11-17(21)24)13-22(18(25)15(2)3)7-8-23(14-20)19(26)16-5-9-27-10-6-16/h15-16H,4-14H2,1-3H3/t20-/m1/s1. The van der Waals surface area contributed by atoms with Crippen LogP contribution >= 0.6 is 0 Å². The highest BCUT2D eigenvalue weighted by Crippen LogP contribution is 2.36. The van der Waals surface area contributed by atoms with Gasteiger partial charge in [0.05, 0.1) is 0 Å². The van der Waals surface area contributed by atoms with E-state index < -0.39 is 0 Å². The summed E-state index contributed by atoms with van der Waals surface area (Å²) in [5.41, 5.74) is -0.352. The fourth-order valence-corrected chi connectivity index (χ4v) is 4.68. The van der Waals surface area contributed by atoms with E-state index in [4.69, 9.17) is 4.74 Å². The Bertz CT molecular complexity index is 588. The van der Waals surface area contributed by atoms with Crippen LogP contribution in [0.5, 0.6) is 0 Å². The van der Waals surface area contributed by atoms with Crippen LogP contribution < -0.4 is 0 Å². The molecule has 3 saturated heterocycles. The zero-order chi connectivity index (χ0) is 19.6. The normalized spacial score (nSPS) is 27.6. The van der Waals surface area contributed by atoms with Crippen molar-refractivity contribution in [3.63, 3.8) is 0 Å². The van der Waals surface area contributed by atoms with E-state index in [-0.39, 0.29) is 35.0 Å². The molecule has 152 valence electrons. The van der Waals surface area contributed by atoms with Gasteiger partial charge in [-0.3, -0.25) is 14.4 Å². The van der Waals surface area contributed by atoms with Gasteiger partial charge in [-0.05, 0) is 19.8 Å². The second-order valence-corrected chi connectivity index (χ2v) is 8.65. The fourth-order valence-electron chi connectivity index (χ4n) is 4.68. The Balaban J connectivity index is 1.82. The molecule has 3 rings (SSSR count). The Kier molecular flexibility index (Phi) is 6.08. The summed E-state index contributed by atoms with van der Waals surface area (Å²) in [4.78, 5) is 44.0. The molecular formula is C20H33N3O4. The molecule has 27 heavy (non-hydrogen) atoms. The lowest BCUT2D eigenvalue weighted by Gasteiger charge is -2.35. The summed E-state index contributed by atoms with van der Waals surface area (Å²) in [5, 5.41) is 0. The second-order valence-electron chi connectivity index (χ2n) is 8.65. The van der Waals surface area contributed by atoms with Crippen LogP contribution in [0, 0.1) is 17.3 Å². The van der Waals surface area contributed by atoms with Crippen LogP contribution in [-0.4, -0.2) is 84.9 Å². The van der Waals surface area contributed by atoms with Crippen molar-refractivity contribution < 1.29 is 19.1 Å². The van der Waals surface area contributed by atoms with Gasteiger partial charge in [-0.15, -0.1) is 0 Å². The third-order valence-electron chi connectivity index (χ3n) is 6.17. The minimum absolute atomic E-state index is 0.00235. The van der Waals surface area contributed by atoms with Crippen molar-refractivity contribution in [2.75, 3.05) is 52.5 Å². The van der Waals surface area contributed by atoms with Gasteiger partial charge in [-0.1, -0.05) is 13.8 Å². The molecule has 0 radical (unpaired) electrons. The van der Waals surface area contributed by atoms with Gasteiger partial charge >= 0.3 is 0 Å². The van der Waals surface area contributed by atoms with E-state index in [2.05, 4.69) is 0 Å². The highest BCUT2D eigenvalue weighted by Gasteiger charge is 2.48. The predicted molar refractivity (Wildman–Crippen MR) is 101 cm³/mol. The van der Waals surface area contributed by atoms with Gasteiger partial charge in [-0.25, -0.2) is 0 Å². The molecule has 0 aliphatic carbocycles. The molecule has 1 spiro atoms. The van der Waals surface area contributed by atoms with Crippen LogP contribution in [0.25, 0.3) is 0 Å². The Morgan fingerprint density at radius 3 is 2.33 bits per heavy atom. The van der Waals surface area contributed by atoms with Crippen LogP contribution in [0.1, 0.15) is 40.0 Å². The lowest BCUT2D eigenvalue weighted by molar-refractivity contribution is -0.140. The maximum Gasteiger partial charge on any atom is 0.225 e. The first-order valence-electron chi connectivity index (χ1n) is 10.3. The van der Waals surface area contributed by atoms with Crippen molar-refractivity contribution in [3.8, 4) is 0 Å². The van der Waals surface area contributed by atoms with Crippen LogP contribution in [-0.2, 0) is 19.1 Å². The average Bonchev–Trinajstić information content (AvgIpc) is 2.86. The van der Waals surface area contributed by atoms with Gasteiger partial charge in [0, 0.05) is 76.2 Å². The van der Waals surface area contributed by atoms with Gasteiger partial charge in [0.15, 0.2) is 0 Å². The van der Waals surface area contributed by atoms with Gasteiger partial charge in [-0.2, -0.15) is 0 Å². The summed E-state index contributed by atoms with van der Waals surface area (Å²) in [7, 11) is 0. The molecule has 3 aliphatic heterocycles. The van der Waals surface area contributed by atoms with Crippen molar-refractivity contribution >= 4 is 17.7 Å². The minimum atomic E-state index is -0.352. The van der Waals surface area contributed by atoms with Crippen molar-refractivity contribution in [2.24, 2.45) is 17.3 Å². The van der Waals surface area contributed by atoms with Crippen LogP contribution in [0.3, 0.4) is 0 Å². The van der Waals surface area contributed by atoms with Crippen LogP contribution in [0.15, 0.2) is 0 Å². The highest BCUT2D eigenvalue weighted by molar-refractivity contribution is 5.82. The first-order valence-corrected chi connectivity index (χ1v) is 10.3. The Labute approximate surface area is 162 Å². The number of ether oxygens (including phenoxy) is 1. The molecule has 0 bridgehead atoms. The van der Waals surface area contributed by atoms with Crippen molar-refractivity contribution in [3.05, 3.63) is 0 Å². The molecule has 3 aliphatic rings. The Hall–Kier alpha value is -1.63. The number of nitrogens with zero attached hydrogens (tertiary/aromatic N) is 3. The zero-order valence-electron chi connectivity index (χ0n) is 16.9. The summed E-state index contributed by atoms with van der Waals surface area (Å²) >= 11 is 0. The monoisotopic (exact) mass is 379 g/mol. The SMILES string of the molecule is CCN1C[C@]2(CC1=O)CN(C(=O)C(C)C)CCN(C(=O)C1CCOCC1)C2. The molecule has 7 nitrogen and oxygen atoms in total. The van der Waals surface area contributed by atoms with E-state index in [1.165, 1.54) is 0 Å². The predicted octanol–water partition coefficient (Wildman–Crippen LogP) is 0.978. The number of rotatable bonds is 3. The summed E-state index contributed by atoms with van der Waals surface area (Å²) in [5.74, 6) is 0.326. The topological polar surface area (TPSA) is 70.2 Å². The van der Waals surface area contributed by atoms with E-state index in [9.17, 15) is 14.4 Å². The fraction of sp³-hybridized carbons (Fsp3) is 0.850. The lowest BCUT2D eigenvalue weighted by Crippen LogP contribution is -2.47. The first-order chi connectivity index (χ1) is 12.8. The molecule has 0 N–H and O–H groups in total. The molecule has 3 amide bonds. The van der Waals surface area contributed by atoms with Crippen LogP contribution in [0.2, 0.25) is 0 Å². The van der Waals surface area contributed by atoms with Gasteiger partial charge in [0.2, 0.25) is 17.7 Å². The summed E-state index contributed by atoms with van der Waals surface area (Å²) in [6.45, 7) is 10.6. The number of likely N-dealkylation sites (tertiary alicyclic amines) is 1. The van der Waals surface area contributed by atoms with E-state index in [0.717, 1.165) is 12.8 Å². The smallest absolute Gasteiger partial charge is 0.225 e. The third-order valence-corrected chi connectivity index (χ3v) is 6.17. The molecule has 0 saturated carbocycles. The average molecular weight is 380 g/mol. The summed E-state index contributed by atoms with van der Waals surface area (Å²) < 4.78 is 5.40. The molecule has 7 heteroatoms. The zero-order valence-corrected chi connectivity index (χ0v) is 16.9. The van der Waals surface area contributed by atoms with Gasteiger partial charge in [0.25, 0.3) is 0 Å². The van der Waals surface area contributed by atoms with Gasteiger partial charge in [0.1, 0.15) is 0 Å². The highest BCUT2D eigenvalue weighted by atomic mass is 16.5. The van der Waals surface area contributed by atoms with E-state index in [1.54, 1.807) is 0 Å². The molecule has 0 unspecified atom stereocenters. The lowest BCUT2D eigenvalue weighted by atomic mass is 9.85. The molecule has 0 aromatic rings. The molecule has 3 heterocycles. The number of hydrogen-bond donors (Lipinski definition) is 0. The number of amides is 3. The van der Waals surface area contributed by atoms with E-state index in [1.807, 2.05) is 35.5 Å². The van der Waals surface area contributed by atoms with Crippen molar-refractivity contribution in [1.82, 2.24) is 14.7 Å². The first kappa shape index (κ1) is 20.1. The van der Waals surface area contributed by atoms with E-state index >= 15 is 0 Å². The van der Waals surface area contributed by atoms with Crippen molar-refractivity contribution in [2.45, 2.75) is 40.0 Å². The summed E-state index contributed by atoms with van der Waals surface area (Å²) in [6.07, 6.45) is 1.94. The maximum absolute atomic E-state index is 13.2. The van der Waals surface area contributed by atoms with Crippen molar-refractivity contribution in [1.29, 1.82) is 0 Å². The Morgan fingerprint density at radius 1 is 1.11 bits per heavy atom. The molecular weight excluding hydrogens is 346 g/mol. The van der Waals surface area contributed by atoms with Gasteiger partial charge < -0.3 is 19.4 Å². The molecule has 3 fully saturated rings. The minimum Gasteiger partial charge on any atom is -0.381 e. The number of carbonyl (C=O) groups is 3. The maximum atomic E-state index is 13.2. The second kappa shape index (κ2) is 8.17. The molecule has 0 aromatic carbocycles. The summed E-state index contributed by atoms with van der Waals surface area (Å²) in [6, 6.07) is 0. The molecule has 0 aromatic heterocycles. The Morgan fingerprint density at radius 2 is 1.74 bits per heavy atom. The van der Waals surface area contributed by atoms with Crippen LogP contribution in [0.4, 0.5) is 0 Å². The largest absolute Gasteiger partial charge is 0.381 e. The third kappa shape index (κ3) is 4.28. The quantitative estimate of drug-likeness (QED) is 0.733.